The first-order valence-electron chi connectivity index (χ1n) is 10.2. The number of carbonyl (C=O) groups excluding carboxylic acids is 1. The first-order chi connectivity index (χ1) is 14.9. The molecule has 1 N–H and O–H groups in total. The van der Waals surface area contributed by atoms with Crippen molar-refractivity contribution in [1.29, 1.82) is 5.26 Å². The Morgan fingerprint density at radius 1 is 1.10 bits per heavy atom. The van der Waals surface area contributed by atoms with Gasteiger partial charge in [0.2, 0.25) is 10.0 Å². The number of nitrogens with zero attached hydrogens (tertiary/aromatic N) is 2. The summed E-state index contributed by atoms with van der Waals surface area (Å²) < 4.78 is 38.1. The molecule has 2 aromatic rings. The Morgan fingerprint density at radius 3 is 2.35 bits per heavy atom. The monoisotopic (exact) mass is 443 g/mol. The van der Waals surface area contributed by atoms with Gasteiger partial charge < -0.3 is 14.8 Å². The van der Waals surface area contributed by atoms with Gasteiger partial charge in [0, 0.05) is 30.8 Å². The lowest BCUT2D eigenvalue weighted by atomic mass is 10.1. The van der Waals surface area contributed by atoms with Gasteiger partial charge in [0.25, 0.3) is 5.91 Å². The van der Waals surface area contributed by atoms with E-state index in [4.69, 9.17) is 9.47 Å². The van der Waals surface area contributed by atoms with Crippen LogP contribution >= 0.6 is 0 Å². The number of nitriles is 1. The van der Waals surface area contributed by atoms with Gasteiger partial charge in [-0.15, -0.1) is 0 Å². The minimum absolute atomic E-state index is 0.0734. The standard InChI is InChI=1S/C22H25N3O5S/c1-3-29-20-13-17(15-23)19(14-21(20)30-4-2)24-22(26)16-8-7-9-18(12-16)31(27,28)25-10-5-6-11-25/h7-9,12-14H,3-6,10-11H2,1-2H3,(H,24,26). The normalized spacial score (nSPS) is 14.1. The van der Waals surface area contributed by atoms with E-state index in [0.717, 1.165) is 12.8 Å². The lowest BCUT2D eigenvalue weighted by molar-refractivity contribution is 0.102. The molecule has 0 unspecified atom stereocenters. The largest absolute Gasteiger partial charge is 0.490 e. The van der Waals surface area contributed by atoms with Crippen molar-refractivity contribution in [3.8, 4) is 17.6 Å². The van der Waals surface area contributed by atoms with Gasteiger partial charge >= 0.3 is 0 Å². The van der Waals surface area contributed by atoms with E-state index in [9.17, 15) is 18.5 Å². The summed E-state index contributed by atoms with van der Waals surface area (Å²) in [4.78, 5) is 12.9. The fourth-order valence-electron chi connectivity index (χ4n) is 3.36. The third-order valence-corrected chi connectivity index (χ3v) is 6.75. The van der Waals surface area contributed by atoms with Crippen molar-refractivity contribution in [3.05, 3.63) is 47.5 Å². The fraction of sp³-hybridized carbons (Fsp3) is 0.364. The Labute approximate surface area is 182 Å². The summed E-state index contributed by atoms with van der Waals surface area (Å²) in [5, 5.41) is 12.2. The molecule has 1 amide bonds. The number of ether oxygens (including phenoxy) is 2. The predicted molar refractivity (Wildman–Crippen MR) is 116 cm³/mol. The number of anilines is 1. The molecule has 0 spiro atoms. The third kappa shape index (κ3) is 4.98. The Bertz CT molecular complexity index is 1100. The summed E-state index contributed by atoms with van der Waals surface area (Å²) >= 11 is 0. The molecule has 1 saturated heterocycles. The molecule has 1 fully saturated rings. The molecule has 0 aliphatic carbocycles. The second-order valence-corrected chi connectivity index (χ2v) is 8.85. The smallest absolute Gasteiger partial charge is 0.255 e. The number of carbonyl (C=O) groups is 1. The predicted octanol–water partition coefficient (Wildman–Crippen LogP) is 3.39. The number of sulfonamides is 1. The van der Waals surface area contributed by atoms with E-state index in [0.29, 0.717) is 37.8 Å². The van der Waals surface area contributed by atoms with Crippen LogP contribution in [0.4, 0.5) is 5.69 Å². The highest BCUT2D eigenvalue weighted by Gasteiger charge is 2.27. The molecular weight excluding hydrogens is 418 g/mol. The van der Waals surface area contributed by atoms with Crippen LogP contribution in [-0.2, 0) is 10.0 Å². The van der Waals surface area contributed by atoms with Crippen LogP contribution in [0.2, 0.25) is 0 Å². The average Bonchev–Trinajstić information content (AvgIpc) is 3.31. The van der Waals surface area contributed by atoms with Crippen molar-refractivity contribution >= 4 is 21.6 Å². The summed E-state index contributed by atoms with van der Waals surface area (Å²) in [6, 6.07) is 11.0. The van der Waals surface area contributed by atoms with E-state index in [2.05, 4.69) is 5.32 Å². The van der Waals surface area contributed by atoms with Crippen molar-refractivity contribution in [2.45, 2.75) is 31.6 Å². The molecule has 0 bridgehead atoms. The van der Waals surface area contributed by atoms with Gasteiger partial charge in [-0.2, -0.15) is 9.57 Å². The molecule has 1 heterocycles. The molecule has 0 aromatic heterocycles. The SMILES string of the molecule is CCOc1cc(C#N)c(NC(=O)c2cccc(S(=O)(=O)N3CCCC3)c2)cc1OCC. The molecular formula is C22H25N3O5S. The summed E-state index contributed by atoms with van der Waals surface area (Å²) in [5.41, 5.74) is 0.643. The third-order valence-electron chi connectivity index (χ3n) is 4.85. The maximum atomic E-state index is 12.9. The van der Waals surface area contributed by atoms with Gasteiger partial charge in [-0.3, -0.25) is 4.79 Å². The van der Waals surface area contributed by atoms with Gasteiger partial charge in [0.05, 0.1) is 29.4 Å². The van der Waals surface area contributed by atoms with Crippen LogP contribution in [0.5, 0.6) is 11.5 Å². The Hall–Kier alpha value is -3.09. The maximum Gasteiger partial charge on any atom is 0.255 e. The summed E-state index contributed by atoms with van der Waals surface area (Å²) in [5.74, 6) is 0.295. The zero-order valence-corrected chi connectivity index (χ0v) is 18.4. The topological polar surface area (TPSA) is 109 Å². The molecule has 9 heteroatoms. The minimum Gasteiger partial charge on any atom is -0.490 e. The molecule has 31 heavy (non-hydrogen) atoms. The van der Waals surface area contributed by atoms with E-state index in [1.54, 1.807) is 0 Å². The number of hydrogen-bond acceptors (Lipinski definition) is 6. The lowest BCUT2D eigenvalue weighted by Crippen LogP contribution is -2.28. The van der Waals surface area contributed by atoms with Crippen molar-refractivity contribution in [2.75, 3.05) is 31.6 Å². The zero-order valence-electron chi connectivity index (χ0n) is 17.6. The van der Waals surface area contributed by atoms with Gasteiger partial charge in [-0.05, 0) is 44.9 Å². The molecule has 1 aliphatic rings. The second kappa shape index (κ2) is 9.81. The van der Waals surface area contributed by atoms with Crippen LogP contribution in [0.1, 0.15) is 42.6 Å². The zero-order chi connectivity index (χ0) is 22.4. The van der Waals surface area contributed by atoms with Gasteiger partial charge in [0.1, 0.15) is 6.07 Å². The van der Waals surface area contributed by atoms with Crippen LogP contribution < -0.4 is 14.8 Å². The van der Waals surface area contributed by atoms with Crippen LogP contribution in [-0.4, -0.2) is 44.9 Å². The lowest BCUT2D eigenvalue weighted by Gasteiger charge is -2.16. The van der Waals surface area contributed by atoms with Crippen LogP contribution in [0.15, 0.2) is 41.3 Å². The maximum absolute atomic E-state index is 12.9. The van der Waals surface area contributed by atoms with Gasteiger partial charge in [-0.25, -0.2) is 8.42 Å². The van der Waals surface area contributed by atoms with Gasteiger partial charge in [-0.1, -0.05) is 6.07 Å². The van der Waals surface area contributed by atoms with E-state index in [1.165, 1.54) is 40.7 Å². The van der Waals surface area contributed by atoms with E-state index < -0.39 is 15.9 Å². The summed E-state index contributed by atoms with van der Waals surface area (Å²) in [7, 11) is -3.64. The number of nitrogens with one attached hydrogen (secondary N) is 1. The molecule has 0 atom stereocenters. The van der Waals surface area contributed by atoms with E-state index in [-0.39, 0.29) is 21.7 Å². The van der Waals surface area contributed by atoms with Gasteiger partial charge in [0.15, 0.2) is 11.5 Å². The Balaban J connectivity index is 1.89. The highest BCUT2D eigenvalue weighted by molar-refractivity contribution is 7.89. The van der Waals surface area contributed by atoms with Crippen LogP contribution in [0.25, 0.3) is 0 Å². The number of benzene rings is 2. The second-order valence-electron chi connectivity index (χ2n) is 6.92. The molecule has 2 aromatic carbocycles. The van der Waals surface area contributed by atoms with Crippen LogP contribution in [0, 0.1) is 11.3 Å². The summed E-state index contributed by atoms with van der Waals surface area (Å²) in [6.45, 7) is 5.39. The average molecular weight is 444 g/mol. The first kappa shape index (κ1) is 22.6. The van der Waals surface area contributed by atoms with Crippen molar-refractivity contribution in [3.63, 3.8) is 0 Å². The molecule has 1 aliphatic heterocycles. The van der Waals surface area contributed by atoms with Crippen LogP contribution in [0.3, 0.4) is 0 Å². The molecule has 0 saturated carbocycles. The highest BCUT2D eigenvalue weighted by Crippen LogP contribution is 2.34. The number of rotatable bonds is 8. The Kier molecular flexibility index (Phi) is 7.15. The molecule has 0 radical (unpaired) electrons. The van der Waals surface area contributed by atoms with E-state index >= 15 is 0 Å². The minimum atomic E-state index is -3.64. The molecule has 164 valence electrons. The van der Waals surface area contributed by atoms with Crippen molar-refractivity contribution < 1.29 is 22.7 Å². The number of hydrogen-bond donors (Lipinski definition) is 1. The van der Waals surface area contributed by atoms with E-state index in [1.807, 2.05) is 19.9 Å². The van der Waals surface area contributed by atoms with Crippen molar-refractivity contribution in [2.24, 2.45) is 0 Å². The first-order valence-corrected chi connectivity index (χ1v) is 11.6. The number of amides is 1. The fourth-order valence-corrected chi connectivity index (χ4v) is 4.93. The highest BCUT2D eigenvalue weighted by atomic mass is 32.2. The molecule has 3 rings (SSSR count). The van der Waals surface area contributed by atoms with Crippen molar-refractivity contribution in [1.82, 2.24) is 4.31 Å². The Morgan fingerprint density at radius 2 is 1.74 bits per heavy atom. The molecule has 8 nitrogen and oxygen atoms in total. The quantitative estimate of drug-likeness (QED) is 0.670. The summed E-state index contributed by atoms with van der Waals surface area (Å²) in [6.07, 6.45) is 1.66.